The molecule has 2 aliphatic rings. The molecule has 0 radical (unpaired) electrons. The van der Waals surface area contributed by atoms with E-state index in [2.05, 4.69) is 34.9 Å². The Hall–Kier alpha value is -3.35. The van der Waals surface area contributed by atoms with Gasteiger partial charge in [0.2, 0.25) is 5.91 Å². The first-order valence-electron chi connectivity index (χ1n) is 11.6. The minimum absolute atomic E-state index is 0.0481. The minimum Gasteiger partial charge on any atom is -0.481 e. The van der Waals surface area contributed by atoms with Crippen molar-refractivity contribution in [3.05, 3.63) is 59.7 Å². The molecule has 0 bridgehead atoms. The number of carbonyl (C=O) groups excluding carboxylic acids is 2. The van der Waals surface area contributed by atoms with Crippen molar-refractivity contribution in [2.45, 2.75) is 57.0 Å². The van der Waals surface area contributed by atoms with Crippen molar-refractivity contribution >= 4 is 18.0 Å². The summed E-state index contributed by atoms with van der Waals surface area (Å²) in [5, 5.41) is 14.8. The number of hydrogen-bond donors (Lipinski definition) is 3. The number of fused-ring (bicyclic) bond motifs is 3. The number of benzene rings is 2. The summed E-state index contributed by atoms with van der Waals surface area (Å²) in [5.74, 6) is -1.59. The first-order chi connectivity index (χ1) is 16.0. The van der Waals surface area contributed by atoms with Crippen molar-refractivity contribution in [3.8, 4) is 11.1 Å². The summed E-state index contributed by atoms with van der Waals surface area (Å²) in [6.07, 6.45) is 2.17. The molecular formula is C26H30N2O5. The van der Waals surface area contributed by atoms with Gasteiger partial charge in [-0.2, -0.15) is 0 Å². The Bertz CT molecular complexity index is 991. The lowest BCUT2D eigenvalue weighted by molar-refractivity contribution is -0.141. The summed E-state index contributed by atoms with van der Waals surface area (Å²) < 4.78 is 5.58. The summed E-state index contributed by atoms with van der Waals surface area (Å²) in [7, 11) is 0. The Kier molecular flexibility index (Phi) is 6.96. The fraction of sp³-hybridized carbons (Fsp3) is 0.423. The molecule has 3 atom stereocenters. The van der Waals surface area contributed by atoms with Gasteiger partial charge in [0.15, 0.2) is 0 Å². The molecule has 2 amide bonds. The van der Waals surface area contributed by atoms with Crippen LogP contribution in [0.5, 0.6) is 0 Å². The summed E-state index contributed by atoms with van der Waals surface area (Å²) in [6, 6.07) is 15.3. The van der Waals surface area contributed by atoms with Gasteiger partial charge in [-0.05, 0) is 47.9 Å². The third-order valence-electron chi connectivity index (χ3n) is 6.66. The molecule has 0 saturated heterocycles. The highest BCUT2D eigenvalue weighted by molar-refractivity contribution is 5.86. The monoisotopic (exact) mass is 450 g/mol. The van der Waals surface area contributed by atoms with Crippen molar-refractivity contribution in [1.29, 1.82) is 0 Å². The van der Waals surface area contributed by atoms with E-state index >= 15 is 0 Å². The van der Waals surface area contributed by atoms with Crippen LogP contribution in [0.15, 0.2) is 48.5 Å². The van der Waals surface area contributed by atoms with Gasteiger partial charge < -0.3 is 20.5 Å². The van der Waals surface area contributed by atoms with Crippen LogP contribution in [0.3, 0.4) is 0 Å². The number of ether oxygens (including phenoxy) is 1. The van der Waals surface area contributed by atoms with Crippen LogP contribution in [0, 0.1) is 5.92 Å². The van der Waals surface area contributed by atoms with Gasteiger partial charge in [0.25, 0.3) is 0 Å². The van der Waals surface area contributed by atoms with Crippen LogP contribution in [0.25, 0.3) is 11.1 Å². The molecule has 3 N–H and O–H groups in total. The van der Waals surface area contributed by atoms with Gasteiger partial charge in [-0.1, -0.05) is 61.9 Å². The van der Waals surface area contributed by atoms with Gasteiger partial charge in [0.05, 0.1) is 5.92 Å². The number of nitrogens with one attached hydrogen (secondary N) is 2. The summed E-state index contributed by atoms with van der Waals surface area (Å²) in [6.45, 7) is 2.12. The fourth-order valence-corrected chi connectivity index (χ4v) is 4.98. The van der Waals surface area contributed by atoms with Crippen LogP contribution >= 0.6 is 0 Å². The van der Waals surface area contributed by atoms with E-state index in [0.29, 0.717) is 32.1 Å². The summed E-state index contributed by atoms with van der Waals surface area (Å²) in [5.41, 5.74) is 4.57. The maximum atomic E-state index is 12.8. The number of carboxylic acid groups (broad SMARTS) is 1. The standard InChI is InChI=1S/C26H30N2O5/c1-2-7-23(24(29)27-17-13-12-16(14-17)25(30)31)28-26(32)33-15-22-20-10-5-3-8-18(20)19-9-4-6-11-21(19)22/h3-6,8-11,16-17,22-23H,2,7,12-15H2,1H3,(H,27,29)(H,28,32)(H,30,31)/t16-,17+,23+/m0/s1. The molecule has 33 heavy (non-hydrogen) atoms. The maximum Gasteiger partial charge on any atom is 0.407 e. The second-order valence-electron chi connectivity index (χ2n) is 8.86. The zero-order chi connectivity index (χ0) is 23.4. The van der Waals surface area contributed by atoms with E-state index in [9.17, 15) is 14.4 Å². The van der Waals surface area contributed by atoms with Gasteiger partial charge in [-0.3, -0.25) is 9.59 Å². The smallest absolute Gasteiger partial charge is 0.407 e. The normalized spacial score (nSPS) is 19.9. The van der Waals surface area contributed by atoms with Crippen LogP contribution in [0.4, 0.5) is 4.79 Å². The SMILES string of the molecule is CCC[C@@H](NC(=O)OCC1c2ccccc2-c2ccccc21)C(=O)N[C@@H]1CC[C@H](C(=O)O)C1. The average molecular weight is 451 g/mol. The van der Waals surface area contributed by atoms with Gasteiger partial charge in [-0.15, -0.1) is 0 Å². The predicted octanol–water partition coefficient (Wildman–Crippen LogP) is 4.06. The molecule has 1 fully saturated rings. The highest BCUT2D eigenvalue weighted by Gasteiger charge is 2.33. The quantitative estimate of drug-likeness (QED) is 0.563. The predicted molar refractivity (Wildman–Crippen MR) is 124 cm³/mol. The molecule has 1 saturated carbocycles. The van der Waals surface area contributed by atoms with Crippen molar-refractivity contribution < 1.29 is 24.2 Å². The summed E-state index contributed by atoms with van der Waals surface area (Å²) >= 11 is 0. The number of carboxylic acids is 1. The average Bonchev–Trinajstić information content (AvgIpc) is 3.40. The molecule has 0 aromatic heterocycles. The first kappa shape index (κ1) is 22.8. The van der Waals surface area contributed by atoms with Gasteiger partial charge in [-0.25, -0.2) is 4.79 Å². The van der Waals surface area contributed by atoms with Gasteiger partial charge in [0.1, 0.15) is 12.6 Å². The van der Waals surface area contributed by atoms with Crippen molar-refractivity contribution in [2.75, 3.05) is 6.61 Å². The third-order valence-corrected chi connectivity index (χ3v) is 6.66. The van der Waals surface area contributed by atoms with E-state index in [4.69, 9.17) is 9.84 Å². The van der Waals surface area contributed by atoms with Crippen molar-refractivity contribution in [1.82, 2.24) is 10.6 Å². The fourth-order valence-electron chi connectivity index (χ4n) is 4.98. The van der Waals surface area contributed by atoms with E-state index in [1.807, 2.05) is 31.2 Å². The molecule has 0 unspecified atom stereocenters. The van der Waals surface area contributed by atoms with E-state index in [-0.39, 0.29) is 24.5 Å². The number of rotatable bonds is 8. The number of amides is 2. The lowest BCUT2D eigenvalue weighted by Crippen LogP contribution is -2.49. The topological polar surface area (TPSA) is 105 Å². The van der Waals surface area contributed by atoms with Gasteiger partial charge >= 0.3 is 12.1 Å². The number of carbonyl (C=O) groups is 3. The Morgan fingerprint density at radius 2 is 1.67 bits per heavy atom. The Balaban J connectivity index is 1.35. The van der Waals surface area contributed by atoms with E-state index in [0.717, 1.165) is 22.3 Å². The highest BCUT2D eigenvalue weighted by atomic mass is 16.5. The molecule has 0 aliphatic heterocycles. The Morgan fingerprint density at radius 1 is 1.03 bits per heavy atom. The van der Waals surface area contributed by atoms with Gasteiger partial charge in [0, 0.05) is 12.0 Å². The molecule has 2 aromatic carbocycles. The molecule has 0 heterocycles. The molecule has 2 aromatic rings. The number of alkyl carbamates (subject to hydrolysis) is 1. The van der Waals surface area contributed by atoms with Crippen molar-refractivity contribution in [2.24, 2.45) is 5.92 Å². The molecule has 4 rings (SSSR count). The second-order valence-corrected chi connectivity index (χ2v) is 8.86. The maximum absolute atomic E-state index is 12.8. The lowest BCUT2D eigenvalue weighted by atomic mass is 9.98. The zero-order valence-corrected chi connectivity index (χ0v) is 18.8. The first-order valence-corrected chi connectivity index (χ1v) is 11.6. The number of hydrogen-bond acceptors (Lipinski definition) is 4. The Morgan fingerprint density at radius 3 is 2.24 bits per heavy atom. The van der Waals surface area contributed by atoms with Crippen molar-refractivity contribution in [3.63, 3.8) is 0 Å². The molecule has 174 valence electrons. The third kappa shape index (κ3) is 5.02. The Labute approximate surface area is 193 Å². The van der Waals surface area contributed by atoms with Crippen LogP contribution < -0.4 is 10.6 Å². The molecule has 2 aliphatic carbocycles. The zero-order valence-electron chi connectivity index (χ0n) is 18.8. The van der Waals surface area contributed by atoms with E-state index in [1.54, 1.807) is 0 Å². The minimum atomic E-state index is -0.825. The number of aliphatic carboxylic acids is 1. The lowest BCUT2D eigenvalue weighted by Gasteiger charge is -2.21. The van der Waals surface area contributed by atoms with E-state index in [1.165, 1.54) is 0 Å². The second kappa shape index (κ2) is 10.1. The molecule has 7 heteroatoms. The van der Waals surface area contributed by atoms with Crippen LogP contribution in [0.1, 0.15) is 56.1 Å². The molecule has 0 spiro atoms. The molecular weight excluding hydrogens is 420 g/mol. The van der Waals surface area contributed by atoms with Crippen LogP contribution in [0.2, 0.25) is 0 Å². The highest BCUT2D eigenvalue weighted by Crippen LogP contribution is 2.44. The van der Waals surface area contributed by atoms with Crippen LogP contribution in [-0.4, -0.2) is 41.8 Å². The van der Waals surface area contributed by atoms with E-state index < -0.39 is 24.0 Å². The largest absolute Gasteiger partial charge is 0.481 e. The van der Waals surface area contributed by atoms with Crippen LogP contribution in [-0.2, 0) is 14.3 Å². The molecule has 7 nitrogen and oxygen atoms in total. The summed E-state index contributed by atoms with van der Waals surface area (Å²) in [4.78, 5) is 36.5.